The van der Waals surface area contributed by atoms with E-state index in [2.05, 4.69) is 0 Å². The summed E-state index contributed by atoms with van der Waals surface area (Å²) in [5.41, 5.74) is 1.52. The van der Waals surface area contributed by atoms with E-state index < -0.39 is 12.5 Å². The van der Waals surface area contributed by atoms with Crippen LogP contribution < -0.4 is 4.74 Å². The van der Waals surface area contributed by atoms with E-state index in [9.17, 15) is 9.59 Å². The van der Waals surface area contributed by atoms with Crippen molar-refractivity contribution in [3.05, 3.63) is 90.2 Å². The Hall–Kier alpha value is -3.80. The average Bonchev–Trinajstić information content (AvgIpc) is 3.51. The quantitative estimate of drug-likeness (QED) is 0.308. The molecule has 0 radical (unpaired) electrons. The number of rotatable bonds is 11. The SMILES string of the molecule is [2H]C([2H])(c1ccccc1OCC/C=C\CC(=O)O)N(C(=O)c1ccc(-c2ccco2)cc1)C1CC1. The third-order valence-electron chi connectivity index (χ3n) is 5.20. The molecule has 0 aliphatic heterocycles. The largest absolute Gasteiger partial charge is 0.493 e. The smallest absolute Gasteiger partial charge is 0.307 e. The average molecular weight is 448 g/mol. The van der Waals surface area contributed by atoms with Crippen LogP contribution in [-0.2, 0) is 11.3 Å². The molecule has 0 bridgehead atoms. The molecule has 1 aliphatic carbocycles. The molecule has 2 aromatic carbocycles. The molecule has 0 spiro atoms. The fourth-order valence-corrected chi connectivity index (χ4v) is 3.35. The van der Waals surface area contributed by atoms with Gasteiger partial charge in [0.05, 0.1) is 22.0 Å². The lowest BCUT2D eigenvalue weighted by Crippen LogP contribution is -2.32. The molecule has 33 heavy (non-hydrogen) atoms. The minimum absolute atomic E-state index is 0.0555. The Kier molecular flexibility index (Phi) is 6.42. The molecule has 1 amide bonds. The van der Waals surface area contributed by atoms with E-state index >= 15 is 0 Å². The minimum Gasteiger partial charge on any atom is -0.493 e. The summed E-state index contributed by atoms with van der Waals surface area (Å²) in [4.78, 5) is 25.4. The zero-order valence-electron chi connectivity index (χ0n) is 20.1. The van der Waals surface area contributed by atoms with E-state index in [1.807, 2.05) is 6.07 Å². The van der Waals surface area contributed by atoms with Gasteiger partial charge in [-0.15, -0.1) is 0 Å². The Morgan fingerprint density at radius 2 is 1.88 bits per heavy atom. The summed E-state index contributed by atoms with van der Waals surface area (Å²) in [6, 6.07) is 17.2. The van der Waals surface area contributed by atoms with Crippen LogP contribution in [0.3, 0.4) is 0 Å². The van der Waals surface area contributed by atoms with Crippen LogP contribution in [0.25, 0.3) is 11.3 Å². The van der Waals surface area contributed by atoms with Gasteiger partial charge in [-0.3, -0.25) is 9.59 Å². The first kappa shape index (κ1) is 19.9. The van der Waals surface area contributed by atoms with Crippen LogP contribution in [0.2, 0.25) is 0 Å². The summed E-state index contributed by atoms with van der Waals surface area (Å²) < 4.78 is 29.2. The summed E-state index contributed by atoms with van der Waals surface area (Å²) in [5.74, 6) is -0.228. The zero-order chi connectivity index (χ0) is 24.8. The number of furan rings is 1. The Morgan fingerprint density at radius 1 is 1.09 bits per heavy atom. The Balaban J connectivity index is 1.52. The predicted molar refractivity (Wildman–Crippen MR) is 125 cm³/mol. The number of hydrogen-bond acceptors (Lipinski definition) is 4. The van der Waals surface area contributed by atoms with Gasteiger partial charge in [-0.1, -0.05) is 42.5 Å². The second kappa shape index (κ2) is 10.7. The summed E-state index contributed by atoms with van der Waals surface area (Å²) >= 11 is 0. The predicted octanol–water partition coefficient (Wildman–Crippen LogP) is 5.55. The van der Waals surface area contributed by atoms with Gasteiger partial charge in [-0.2, -0.15) is 0 Å². The highest BCUT2D eigenvalue weighted by atomic mass is 16.5. The number of carboxylic acid groups (broad SMARTS) is 1. The number of aliphatic carboxylic acids is 1. The fourth-order valence-electron chi connectivity index (χ4n) is 3.35. The number of carboxylic acids is 1. The molecule has 1 aromatic heterocycles. The molecule has 0 atom stereocenters. The third-order valence-corrected chi connectivity index (χ3v) is 5.20. The topological polar surface area (TPSA) is 80.0 Å². The zero-order valence-corrected chi connectivity index (χ0v) is 18.1. The molecule has 170 valence electrons. The van der Waals surface area contributed by atoms with Crippen molar-refractivity contribution in [3.63, 3.8) is 0 Å². The van der Waals surface area contributed by atoms with E-state index in [1.165, 1.54) is 4.90 Å². The van der Waals surface area contributed by atoms with Crippen molar-refractivity contribution < 1.29 is 26.6 Å². The highest BCUT2D eigenvalue weighted by molar-refractivity contribution is 5.95. The summed E-state index contributed by atoms with van der Waals surface area (Å²) in [7, 11) is 0. The minimum atomic E-state index is -2.09. The molecule has 0 unspecified atom stereocenters. The van der Waals surface area contributed by atoms with Crippen LogP contribution in [0, 0.1) is 0 Å². The van der Waals surface area contributed by atoms with Crippen LogP contribution in [-0.4, -0.2) is 34.5 Å². The van der Waals surface area contributed by atoms with Crippen LogP contribution in [0.5, 0.6) is 5.75 Å². The lowest BCUT2D eigenvalue weighted by Gasteiger charge is -2.24. The number of carbonyl (C=O) groups excluding carboxylic acids is 1. The Morgan fingerprint density at radius 3 is 2.58 bits per heavy atom. The molecule has 1 fully saturated rings. The highest BCUT2D eigenvalue weighted by Gasteiger charge is 2.33. The molecule has 1 heterocycles. The lowest BCUT2D eigenvalue weighted by atomic mass is 10.1. The number of ether oxygens (including phenoxy) is 1. The fraction of sp³-hybridized carbons (Fsp3) is 0.259. The molecule has 4 rings (SSSR count). The van der Waals surface area contributed by atoms with Crippen molar-refractivity contribution >= 4 is 11.9 Å². The summed E-state index contributed by atoms with van der Waals surface area (Å²) in [6.07, 6.45) is 6.78. The van der Waals surface area contributed by atoms with E-state index in [0.29, 0.717) is 23.5 Å². The maximum absolute atomic E-state index is 13.5. The van der Waals surface area contributed by atoms with Gasteiger partial charge in [-0.05, 0) is 49.6 Å². The number of benzene rings is 2. The third kappa shape index (κ3) is 6.13. The van der Waals surface area contributed by atoms with Crippen molar-refractivity contribution in [3.8, 4) is 17.1 Å². The molecule has 1 saturated carbocycles. The summed E-state index contributed by atoms with van der Waals surface area (Å²) in [5, 5.41) is 8.70. The van der Waals surface area contributed by atoms with Gasteiger partial charge in [0.15, 0.2) is 0 Å². The first-order chi connectivity index (χ1) is 16.9. The van der Waals surface area contributed by atoms with Crippen molar-refractivity contribution in [2.45, 2.75) is 38.2 Å². The van der Waals surface area contributed by atoms with Crippen molar-refractivity contribution in [2.75, 3.05) is 6.61 Å². The number of carbonyl (C=O) groups is 2. The van der Waals surface area contributed by atoms with Gasteiger partial charge in [0.1, 0.15) is 11.5 Å². The number of nitrogens with zero attached hydrogens (tertiary/aromatic N) is 1. The van der Waals surface area contributed by atoms with Crippen LogP contribution in [0.1, 0.15) is 44.3 Å². The van der Waals surface area contributed by atoms with Gasteiger partial charge in [-0.25, -0.2) is 0 Å². The molecule has 6 heteroatoms. The van der Waals surface area contributed by atoms with Crippen LogP contribution in [0.4, 0.5) is 0 Å². The van der Waals surface area contributed by atoms with Gasteiger partial charge in [0, 0.05) is 29.2 Å². The van der Waals surface area contributed by atoms with Gasteiger partial charge in [0.2, 0.25) is 0 Å². The van der Waals surface area contributed by atoms with Crippen LogP contribution >= 0.6 is 0 Å². The van der Waals surface area contributed by atoms with Gasteiger partial charge >= 0.3 is 5.97 Å². The highest BCUT2D eigenvalue weighted by Crippen LogP contribution is 2.32. The molecule has 3 aromatic rings. The molecular weight excluding hydrogens is 418 g/mol. The monoisotopic (exact) mass is 447 g/mol. The van der Waals surface area contributed by atoms with E-state index in [-0.39, 0.29) is 30.5 Å². The van der Waals surface area contributed by atoms with E-state index in [4.69, 9.17) is 17.0 Å². The van der Waals surface area contributed by atoms with E-state index in [1.54, 1.807) is 73.0 Å². The number of hydrogen-bond donors (Lipinski definition) is 1. The van der Waals surface area contributed by atoms with Crippen LogP contribution in [0.15, 0.2) is 83.5 Å². The summed E-state index contributed by atoms with van der Waals surface area (Å²) in [6.45, 7) is -1.83. The Labute approximate surface area is 195 Å². The van der Waals surface area contributed by atoms with Crippen molar-refractivity contribution in [2.24, 2.45) is 0 Å². The Bertz CT molecular complexity index is 1180. The normalized spacial score (nSPS) is 14.5. The van der Waals surface area contributed by atoms with Gasteiger partial charge < -0.3 is 19.2 Å². The molecule has 0 saturated heterocycles. The lowest BCUT2D eigenvalue weighted by molar-refractivity contribution is -0.136. The van der Waals surface area contributed by atoms with Crippen molar-refractivity contribution in [1.29, 1.82) is 0 Å². The van der Waals surface area contributed by atoms with Gasteiger partial charge in [0.25, 0.3) is 5.91 Å². The maximum Gasteiger partial charge on any atom is 0.307 e. The second-order valence-electron chi connectivity index (χ2n) is 7.78. The number of amides is 1. The maximum atomic E-state index is 13.5. The van der Waals surface area contributed by atoms with E-state index in [0.717, 1.165) is 18.4 Å². The molecule has 1 aliphatic rings. The first-order valence-electron chi connectivity index (χ1n) is 11.9. The molecule has 6 nitrogen and oxygen atoms in total. The first-order valence-corrected chi connectivity index (χ1v) is 10.9. The molecule has 1 N–H and O–H groups in total. The number of para-hydroxylation sites is 1. The standard InChI is InChI=1S/C27H27NO5/c29-26(30)10-2-1-5-17-32-25-8-4-3-7-22(25)19-28(23-15-16-23)27(31)21-13-11-20(12-14-21)24-9-6-18-33-24/h1-4,6-9,11-14,18,23H,5,10,15-17,19H2,(H,29,30)/b2-1-/i19D2. The van der Waals surface area contributed by atoms with Crippen molar-refractivity contribution in [1.82, 2.24) is 4.90 Å². The molecular formula is C27H27NO5. The second-order valence-corrected chi connectivity index (χ2v) is 7.78.